The van der Waals surface area contributed by atoms with Crippen LogP contribution < -0.4 is 5.32 Å². The molecule has 0 heterocycles. The SMILES string of the molecule is CCCNC(C)(COCCCOC)C(=O)O. The molecule has 1 unspecified atom stereocenters. The molecular weight excluding hydrogens is 210 g/mol. The van der Waals surface area contributed by atoms with Crippen LogP contribution in [-0.4, -0.2) is 50.1 Å². The number of carbonyl (C=O) groups is 1. The van der Waals surface area contributed by atoms with Crippen LogP contribution in [0.2, 0.25) is 0 Å². The highest BCUT2D eigenvalue weighted by atomic mass is 16.5. The molecule has 0 bridgehead atoms. The maximum Gasteiger partial charge on any atom is 0.326 e. The second kappa shape index (κ2) is 8.50. The van der Waals surface area contributed by atoms with Crippen molar-refractivity contribution in [3.63, 3.8) is 0 Å². The fourth-order valence-corrected chi connectivity index (χ4v) is 1.17. The summed E-state index contributed by atoms with van der Waals surface area (Å²) >= 11 is 0. The molecule has 2 N–H and O–H groups in total. The highest BCUT2D eigenvalue weighted by Gasteiger charge is 2.32. The number of carboxylic acids is 1. The normalized spacial score (nSPS) is 14.7. The third-order valence-electron chi connectivity index (χ3n) is 2.27. The van der Waals surface area contributed by atoms with Crippen molar-refractivity contribution in [2.24, 2.45) is 0 Å². The van der Waals surface area contributed by atoms with Crippen molar-refractivity contribution in [3.05, 3.63) is 0 Å². The quantitative estimate of drug-likeness (QED) is 0.548. The molecular formula is C11H23NO4. The average Bonchev–Trinajstić information content (AvgIpc) is 2.26. The molecule has 0 rings (SSSR count). The van der Waals surface area contributed by atoms with E-state index in [9.17, 15) is 4.79 Å². The maximum atomic E-state index is 11.1. The van der Waals surface area contributed by atoms with Crippen molar-refractivity contribution in [1.29, 1.82) is 0 Å². The largest absolute Gasteiger partial charge is 0.480 e. The summed E-state index contributed by atoms with van der Waals surface area (Å²) in [7, 11) is 1.63. The molecule has 0 radical (unpaired) electrons. The van der Waals surface area contributed by atoms with E-state index in [0.717, 1.165) is 12.8 Å². The molecule has 5 heteroatoms. The van der Waals surface area contributed by atoms with Crippen LogP contribution in [0.4, 0.5) is 0 Å². The van der Waals surface area contributed by atoms with Gasteiger partial charge in [0, 0.05) is 20.3 Å². The van der Waals surface area contributed by atoms with Crippen LogP contribution in [0.25, 0.3) is 0 Å². The first-order chi connectivity index (χ1) is 7.56. The van der Waals surface area contributed by atoms with Gasteiger partial charge < -0.3 is 19.9 Å². The van der Waals surface area contributed by atoms with Gasteiger partial charge in [-0.3, -0.25) is 4.79 Å². The zero-order valence-corrected chi connectivity index (χ0v) is 10.4. The summed E-state index contributed by atoms with van der Waals surface area (Å²) in [6, 6.07) is 0. The Kier molecular flexibility index (Phi) is 8.15. The molecule has 0 saturated carbocycles. The number of nitrogens with one attached hydrogen (secondary N) is 1. The second-order valence-electron chi connectivity index (χ2n) is 3.96. The van der Waals surface area contributed by atoms with E-state index >= 15 is 0 Å². The molecule has 0 aliphatic heterocycles. The number of hydrogen-bond donors (Lipinski definition) is 2. The van der Waals surface area contributed by atoms with Gasteiger partial charge in [0.15, 0.2) is 0 Å². The van der Waals surface area contributed by atoms with Crippen molar-refractivity contribution in [1.82, 2.24) is 5.32 Å². The van der Waals surface area contributed by atoms with Gasteiger partial charge in [0.05, 0.1) is 6.61 Å². The van der Waals surface area contributed by atoms with Crippen LogP contribution in [0.15, 0.2) is 0 Å². The Morgan fingerprint density at radius 1 is 1.44 bits per heavy atom. The first kappa shape index (κ1) is 15.3. The Morgan fingerprint density at radius 2 is 2.12 bits per heavy atom. The third kappa shape index (κ3) is 6.05. The van der Waals surface area contributed by atoms with E-state index in [4.69, 9.17) is 14.6 Å². The molecule has 1 atom stereocenters. The minimum Gasteiger partial charge on any atom is -0.480 e. The van der Waals surface area contributed by atoms with Gasteiger partial charge in [-0.2, -0.15) is 0 Å². The van der Waals surface area contributed by atoms with Crippen LogP contribution in [0, 0.1) is 0 Å². The molecule has 0 aliphatic rings. The van der Waals surface area contributed by atoms with Crippen molar-refractivity contribution in [2.45, 2.75) is 32.2 Å². The fraction of sp³-hybridized carbons (Fsp3) is 0.909. The monoisotopic (exact) mass is 233 g/mol. The predicted molar refractivity (Wildman–Crippen MR) is 61.6 cm³/mol. The Balaban J connectivity index is 3.88. The zero-order chi connectivity index (χ0) is 12.4. The summed E-state index contributed by atoms with van der Waals surface area (Å²) in [6.07, 6.45) is 1.67. The van der Waals surface area contributed by atoms with Crippen molar-refractivity contribution in [2.75, 3.05) is 33.5 Å². The van der Waals surface area contributed by atoms with Gasteiger partial charge in [-0.1, -0.05) is 6.92 Å². The molecule has 0 aromatic heterocycles. The minimum absolute atomic E-state index is 0.173. The molecule has 0 saturated heterocycles. The van der Waals surface area contributed by atoms with Crippen molar-refractivity contribution < 1.29 is 19.4 Å². The first-order valence-corrected chi connectivity index (χ1v) is 5.62. The summed E-state index contributed by atoms with van der Waals surface area (Å²) in [6.45, 7) is 5.63. The maximum absolute atomic E-state index is 11.1. The molecule has 0 aliphatic carbocycles. The van der Waals surface area contributed by atoms with Crippen LogP contribution >= 0.6 is 0 Å². The highest BCUT2D eigenvalue weighted by molar-refractivity contribution is 5.78. The zero-order valence-electron chi connectivity index (χ0n) is 10.4. The van der Waals surface area contributed by atoms with Crippen molar-refractivity contribution in [3.8, 4) is 0 Å². The standard InChI is InChI=1S/C11H23NO4/c1-4-6-12-11(2,10(13)14)9-16-8-5-7-15-3/h12H,4-9H2,1-3H3,(H,13,14). The number of ether oxygens (including phenoxy) is 2. The molecule has 96 valence electrons. The summed E-state index contributed by atoms with van der Waals surface area (Å²) < 4.78 is 10.2. The molecule has 0 amide bonds. The smallest absolute Gasteiger partial charge is 0.326 e. The van der Waals surface area contributed by atoms with Crippen LogP contribution in [0.3, 0.4) is 0 Å². The van der Waals surface area contributed by atoms with E-state index in [0.29, 0.717) is 19.8 Å². The fourth-order valence-electron chi connectivity index (χ4n) is 1.17. The topological polar surface area (TPSA) is 67.8 Å². The van der Waals surface area contributed by atoms with Crippen molar-refractivity contribution >= 4 is 5.97 Å². The summed E-state index contributed by atoms with van der Waals surface area (Å²) in [5.74, 6) is -0.882. The molecule has 0 fully saturated rings. The van der Waals surface area contributed by atoms with Crippen LogP contribution in [-0.2, 0) is 14.3 Å². The van der Waals surface area contributed by atoms with Gasteiger partial charge in [0.2, 0.25) is 0 Å². The van der Waals surface area contributed by atoms with Gasteiger partial charge in [0.25, 0.3) is 0 Å². The summed E-state index contributed by atoms with van der Waals surface area (Å²) in [4.78, 5) is 11.1. The lowest BCUT2D eigenvalue weighted by molar-refractivity contribution is -0.147. The summed E-state index contributed by atoms with van der Waals surface area (Å²) in [5, 5.41) is 12.1. The van der Waals surface area contributed by atoms with Gasteiger partial charge in [0.1, 0.15) is 5.54 Å². The number of aliphatic carboxylic acids is 1. The Hall–Kier alpha value is -0.650. The number of methoxy groups -OCH3 is 1. The Morgan fingerprint density at radius 3 is 2.62 bits per heavy atom. The molecule has 0 spiro atoms. The Labute approximate surface area is 97.1 Å². The molecule has 16 heavy (non-hydrogen) atoms. The van der Waals surface area contributed by atoms with E-state index in [1.165, 1.54) is 0 Å². The lowest BCUT2D eigenvalue weighted by atomic mass is 10.0. The van der Waals surface area contributed by atoms with E-state index in [1.807, 2.05) is 6.92 Å². The number of carboxylic acid groups (broad SMARTS) is 1. The Bertz CT molecular complexity index is 198. The van der Waals surface area contributed by atoms with E-state index in [-0.39, 0.29) is 6.61 Å². The van der Waals surface area contributed by atoms with Gasteiger partial charge >= 0.3 is 5.97 Å². The van der Waals surface area contributed by atoms with Gasteiger partial charge in [-0.15, -0.1) is 0 Å². The second-order valence-corrected chi connectivity index (χ2v) is 3.96. The third-order valence-corrected chi connectivity index (χ3v) is 2.27. The highest BCUT2D eigenvalue weighted by Crippen LogP contribution is 2.05. The summed E-state index contributed by atoms with van der Waals surface area (Å²) in [5.41, 5.74) is -0.997. The van der Waals surface area contributed by atoms with Crippen LogP contribution in [0.1, 0.15) is 26.7 Å². The van der Waals surface area contributed by atoms with Crippen LogP contribution in [0.5, 0.6) is 0 Å². The molecule has 5 nitrogen and oxygen atoms in total. The van der Waals surface area contributed by atoms with E-state index < -0.39 is 11.5 Å². The minimum atomic E-state index is -0.997. The lowest BCUT2D eigenvalue weighted by Gasteiger charge is -2.25. The average molecular weight is 233 g/mol. The van der Waals surface area contributed by atoms with Gasteiger partial charge in [-0.05, 0) is 26.3 Å². The first-order valence-electron chi connectivity index (χ1n) is 5.62. The number of hydrogen-bond acceptors (Lipinski definition) is 4. The molecule has 0 aromatic carbocycles. The predicted octanol–water partition coefficient (Wildman–Crippen LogP) is 0.882. The number of rotatable bonds is 10. The molecule has 0 aromatic rings. The van der Waals surface area contributed by atoms with E-state index in [1.54, 1.807) is 14.0 Å². The lowest BCUT2D eigenvalue weighted by Crippen LogP contribution is -2.53. The van der Waals surface area contributed by atoms with E-state index in [2.05, 4.69) is 5.32 Å². The van der Waals surface area contributed by atoms with Gasteiger partial charge in [-0.25, -0.2) is 0 Å².